The number of carbonyl (C=O) groups is 1. The average molecular weight is 393 g/mol. The Hall–Kier alpha value is -2.96. The Morgan fingerprint density at radius 1 is 1.17 bits per heavy atom. The quantitative estimate of drug-likeness (QED) is 0.658. The molecule has 1 aliphatic rings. The van der Waals surface area contributed by atoms with Crippen LogP contribution in [0.5, 0.6) is 0 Å². The van der Waals surface area contributed by atoms with Gasteiger partial charge < -0.3 is 9.32 Å². The van der Waals surface area contributed by atoms with E-state index in [2.05, 4.69) is 36.1 Å². The molecule has 3 aromatic rings. The Labute approximate surface area is 170 Å². The maximum atomic E-state index is 12.9. The van der Waals surface area contributed by atoms with E-state index in [1.54, 1.807) is 6.92 Å². The lowest BCUT2D eigenvalue weighted by Gasteiger charge is -2.33. The van der Waals surface area contributed by atoms with Crippen molar-refractivity contribution in [2.24, 2.45) is 0 Å². The van der Waals surface area contributed by atoms with Gasteiger partial charge in [0.05, 0.1) is 5.69 Å². The summed E-state index contributed by atoms with van der Waals surface area (Å²) in [6.45, 7) is 8.96. The molecule has 1 saturated heterocycles. The lowest BCUT2D eigenvalue weighted by atomic mass is 10.0. The summed E-state index contributed by atoms with van der Waals surface area (Å²) < 4.78 is 7.42. The zero-order valence-corrected chi connectivity index (χ0v) is 17.4. The molecule has 1 aliphatic heterocycles. The normalized spacial score (nSPS) is 17.1. The molecule has 0 N–H and O–H groups in total. The Kier molecular flexibility index (Phi) is 5.22. The molecule has 1 aromatic carbocycles. The van der Waals surface area contributed by atoms with E-state index in [0.29, 0.717) is 29.1 Å². The molecule has 2 aromatic heterocycles. The first-order valence-corrected chi connectivity index (χ1v) is 10.3. The molecule has 0 bridgehead atoms. The number of aryl methyl sites for hydroxylation is 1. The van der Waals surface area contributed by atoms with Gasteiger partial charge >= 0.3 is 0 Å². The van der Waals surface area contributed by atoms with Gasteiger partial charge in [-0.1, -0.05) is 13.8 Å². The minimum atomic E-state index is 0.107. The molecule has 4 rings (SSSR count). The van der Waals surface area contributed by atoms with E-state index in [-0.39, 0.29) is 11.8 Å². The van der Waals surface area contributed by atoms with Crippen molar-refractivity contribution >= 4 is 5.91 Å². The number of hydrogen-bond acceptors (Lipinski definition) is 5. The lowest BCUT2D eigenvalue weighted by molar-refractivity contribution is 0.0635. The third kappa shape index (κ3) is 3.81. The van der Waals surface area contributed by atoms with Crippen LogP contribution in [0.15, 0.2) is 34.7 Å². The van der Waals surface area contributed by atoms with Crippen LogP contribution in [0.2, 0.25) is 0 Å². The number of hydrogen-bond donors (Lipinski definition) is 0. The van der Waals surface area contributed by atoms with E-state index in [1.807, 2.05) is 39.9 Å². The molecule has 29 heavy (non-hydrogen) atoms. The number of likely N-dealkylation sites (tertiary alicyclic amines) is 1. The minimum Gasteiger partial charge on any atom is -0.420 e. The van der Waals surface area contributed by atoms with Crippen LogP contribution in [0.3, 0.4) is 0 Å². The monoisotopic (exact) mass is 393 g/mol. The smallest absolute Gasteiger partial charge is 0.268 e. The molecule has 3 heterocycles. The van der Waals surface area contributed by atoms with E-state index >= 15 is 0 Å². The zero-order chi connectivity index (χ0) is 20.5. The van der Waals surface area contributed by atoms with Crippen molar-refractivity contribution in [2.75, 3.05) is 6.54 Å². The Morgan fingerprint density at radius 3 is 2.55 bits per heavy atom. The first kappa shape index (κ1) is 19.4. The maximum absolute atomic E-state index is 12.9. The third-order valence-corrected chi connectivity index (χ3v) is 5.50. The molecule has 7 nitrogen and oxygen atoms in total. The molecule has 0 spiro atoms. The number of amides is 1. The van der Waals surface area contributed by atoms with Gasteiger partial charge in [0.15, 0.2) is 0 Å². The van der Waals surface area contributed by atoms with Crippen molar-refractivity contribution in [3.8, 4) is 17.3 Å². The Balaban J connectivity index is 1.63. The lowest BCUT2D eigenvalue weighted by Crippen LogP contribution is -2.42. The molecule has 0 unspecified atom stereocenters. The van der Waals surface area contributed by atoms with Gasteiger partial charge in [0.1, 0.15) is 5.69 Å². The van der Waals surface area contributed by atoms with Crippen molar-refractivity contribution in [2.45, 2.75) is 58.9 Å². The Morgan fingerprint density at radius 2 is 1.93 bits per heavy atom. The second-order valence-corrected chi connectivity index (χ2v) is 8.04. The number of aromatic nitrogens is 4. The van der Waals surface area contributed by atoms with Gasteiger partial charge in [-0.15, -0.1) is 10.2 Å². The summed E-state index contributed by atoms with van der Waals surface area (Å²) in [6.07, 6.45) is 3.35. The molecule has 1 fully saturated rings. The second kappa shape index (κ2) is 7.81. The Bertz CT molecular complexity index is 1000. The summed E-state index contributed by atoms with van der Waals surface area (Å²) in [5, 5.41) is 12.7. The fourth-order valence-corrected chi connectivity index (χ4v) is 3.83. The van der Waals surface area contributed by atoms with Crippen molar-refractivity contribution in [3.63, 3.8) is 0 Å². The summed E-state index contributed by atoms with van der Waals surface area (Å²) in [4.78, 5) is 14.9. The summed E-state index contributed by atoms with van der Waals surface area (Å²) in [5.74, 6) is 1.29. The minimum absolute atomic E-state index is 0.107. The first-order chi connectivity index (χ1) is 13.9. The number of rotatable bonds is 4. The molecule has 152 valence electrons. The summed E-state index contributed by atoms with van der Waals surface area (Å²) in [6, 6.07) is 9.96. The highest BCUT2D eigenvalue weighted by molar-refractivity contribution is 5.94. The topological polar surface area (TPSA) is 77.1 Å². The zero-order valence-electron chi connectivity index (χ0n) is 17.4. The van der Waals surface area contributed by atoms with Crippen LogP contribution in [0.25, 0.3) is 17.3 Å². The van der Waals surface area contributed by atoms with Crippen LogP contribution in [-0.2, 0) is 0 Å². The number of benzene rings is 1. The van der Waals surface area contributed by atoms with Crippen LogP contribution >= 0.6 is 0 Å². The van der Waals surface area contributed by atoms with E-state index in [0.717, 1.165) is 30.8 Å². The average Bonchev–Trinajstić information content (AvgIpc) is 3.34. The van der Waals surface area contributed by atoms with E-state index < -0.39 is 0 Å². The third-order valence-electron chi connectivity index (χ3n) is 5.50. The molecule has 0 radical (unpaired) electrons. The van der Waals surface area contributed by atoms with Gasteiger partial charge in [0.25, 0.3) is 11.8 Å². The number of nitrogens with zero attached hydrogens (tertiary/aromatic N) is 5. The van der Waals surface area contributed by atoms with E-state index in [1.165, 1.54) is 6.42 Å². The predicted octanol–water partition coefficient (Wildman–Crippen LogP) is 4.37. The highest BCUT2D eigenvalue weighted by atomic mass is 16.4. The number of carbonyl (C=O) groups excluding carboxylic acids is 1. The molecular weight excluding hydrogens is 366 g/mol. The van der Waals surface area contributed by atoms with Crippen molar-refractivity contribution in [1.29, 1.82) is 0 Å². The number of piperidine rings is 1. The summed E-state index contributed by atoms with van der Waals surface area (Å²) in [5.41, 5.74) is 3.31. The van der Waals surface area contributed by atoms with Crippen LogP contribution < -0.4 is 0 Å². The van der Waals surface area contributed by atoms with Crippen molar-refractivity contribution < 1.29 is 9.21 Å². The van der Waals surface area contributed by atoms with Crippen LogP contribution in [0.4, 0.5) is 0 Å². The molecule has 7 heteroatoms. The molecule has 0 aliphatic carbocycles. The van der Waals surface area contributed by atoms with Gasteiger partial charge in [0, 0.05) is 30.8 Å². The van der Waals surface area contributed by atoms with E-state index in [9.17, 15) is 4.79 Å². The second-order valence-electron chi connectivity index (χ2n) is 8.04. The van der Waals surface area contributed by atoms with Crippen LogP contribution in [0.1, 0.15) is 67.9 Å². The first-order valence-electron chi connectivity index (χ1n) is 10.3. The van der Waals surface area contributed by atoms with Gasteiger partial charge in [-0.05, 0) is 62.4 Å². The van der Waals surface area contributed by atoms with Gasteiger partial charge in [-0.2, -0.15) is 5.10 Å². The highest BCUT2D eigenvalue weighted by Gasteiger charge is 2.24. The summed E-state index contributed by atoms with van der Waals surface area (Å²) in [7, 11) is 0. The van der Waals surface area contributed by atoms with Crippen LogP contribution in [0, 0.1) is 6.92 Å². The summed E-state index contributed by atoms with van der Waals surface area (Å²) >= 11 is 0. The van der Waals surface area contributed by atoms with Crippen molar-refractivity contribution in [3.05, 3.63) is 47.5 Å². The SMILES string of the molecule is Cc1nnc(-c2cc(C(C)C)n(-c3ccc(C(=O)N4CCCC[C@H]4C)cc3)n2)o1. The molecular formula is C22H27N5O2. The fraction of sp³-hybridized carbons (Fsp3) is 0.455. The van der Waals surface area contributed by atoms with Crippen LogP contribution in [-0.4, -0.2) is 43.4 Å². The van der Waals surface area contributed by atoms with Gasteiger partial charge in [-0.3, -0.25) is 4.79 Å². The standard InChI is InChI=1S/C22H27N5O2/c1-14(2)20-13-19(21-24-23-16(4)29-21)25-27(20)18-10-8-17(9-11-18)22(28)26-12-6-5-7-15(26)3/h8-11,13-15H,5-7,12H2,1-4H3/t15-/m1/s1. The maximum Gasteiger partial charge on any atom is 0.268 e. The van der Waals surface area contributed by atoms with Crippen molar-refractivity contribution in [1.82, 2.24) is 24.9 Å². The molecule has 1 amide bonds. The molecule has 0 saturated carbocycles. The highest BCUT2D eigenvalue weighted by Crippen LogP contribution is 2.26. The largest absolute Gasteiger partial charge is 0.420 e. The molecule has 1 atom stereocenters. The van der Waals surface area contributed by atoms with Gasteiger partial charge in [0.2, 0.25) is 5.89 Å². The van der Waals surface area contributed by atoms with Gasteiger partial charge in [-0.25, -0.2) is 4.68 Å². The fourth-order valence-electron chi connectivity index (χ4n) is 3.83. The predicted molar refractivity (Wildman–Crippen MR) is 110 cm³/mol. The van der Waals surface area contributed by atoms with E-state index in [4.69, 9.17) is 4.42 Å².